The minimum Gasteiger partial charge on any atom is -0.326 e. The van der Waals surface area contributed by atoms with Gasteiger partial charge in [0.1, 0.15) is 0 Å². The first-order chi connectivity index (χ1) is 5.69. The van der Waals surface area contributed by atoms with Crippen molar-refractivity contribution < 1.29 is 5.21 Å². The van der Waals surface area contributed by atoms with Crippen LogP contribution in [0.25, 0.3) is 0 Å². The van der Waals surface area contributed by atoms with Gasteiger partial charge in [0.2, 0.25) is 0 Å². The lowest BCUT2D eigenvalue weighted by Gasteiger charge is -2.52. The predicted molar refractivity (Wildman–Crippen MR) is 52.4 cm³/mol. The molecular formula is C10H21N2O. The molecule has 0 aromatic carbocycles. The molecular weight excluding hydrogens is 164 g/mol. The van der Waals surface area contributed by atoms with Crippen LogP contribution in [-0.2, 0) is 5.21 Å². The molecule has 0 aromatic rings. The standard InChI is InChI=1S/C10H21N2O/c1-7-6-9(2,3)12(13)10(4,5)8(7)11/h7-8H,6,11H2,1-5H3. The summed E-state index contributed by atoms with van der Waals surface area (Å²) in [5.74, 6) is 0.412. The van der Waals surface area contributed by atoms with Crippen molar-refractivity contribution in [2.24, 2.45) is 11.7 Å². The number of hydroxylamine groups is 2. The van der Waals surface area contributed by atoms with E-state index in [1.54, 1.807) is 0 Å². The molecule has 3 nitrogen and oxygen atoms in total. The van der Waals surface area contributed by atoms with Crippen LogP contribution < -0.4 is 5.73 Å². The van der Waals surface area contributed by atoms with Crippen molar-refractivity contribution in [3.63, 3.8) is 0 Å². The van der Waals surface area contributed by atoms with E-state index in [-0.39, 0.29) is 11.6 Å². The molecule has 0 saturated carbocycles. The van der Waals surface area contributed by atoms with E-state index in [2.05, 4.69) is 6.92 Å². The van der Waals surface area contributed by atoms with Gasteiger partial charge in [-0.25, -0.2) is 0 Å². The zero-order chi connectivity index (χ0) is 10.4. The van der Waals surface area contributed by atoms with E-state index in [1.807, 2.05) is 27.7 Å². The zero-order valence-electron chi connectivity index (χ0n) is 9.29. The number of rotatable bonds is 0. The van der Waals surface area contributed by atoms with Crippen LogP contribution in [0.4, 0.5) is 0 Å². The molecule has 0 bridgehead atoms. The van der Waals surface area contributed by atoms with Crippen molar-refractivity contribution in [1.29, 1.82) is 0 Å². The topological polar surface area (TPSA) is 49.2 Å². The van der Waals surface area contributed by atoms with Crippen molar-refractivity contribution in [2.75, 3.05) is 0 Å². The third kappa shape index (κ3) is 1.60. The maximum Gasteiger partial charge on any atom is 0.0596 e. The van der Waals surface area contributed by atoms with Crippen LogP contribution in [0.1, 0.15) is 41.0 Å². The number of nitrogens with two attached hydrogens (primary N) is 1. The summed E-state index contributed by atoms with van der Waals surface area (Å²) in [6.45, 7) is 9.97. The summed E-state index contributed by atoms with van der Waals surface area (Å²) in [4.78, 5) is 0. The average Bonchev–Trinajstić information content (AvgIpc) is 1.98. The Morgan fingerprint density at radius 1 is 1.31 bits per heavy atom. The second-order valence-corrected chi connectivity index (χ2v) is 5.47. The summed E-state index contributed by atoms with van der Waals surface area (Å²) < 4.78 is 0. The molecule has 2 N–H and O–H groups in total. The van der Waals surface area contributed by atoms with Gasteiger partial charge in [-0.15, -0.1) is 10.3 Å². The van der Waals surface area contributed by atoms with Crippen LogP contribution >= 0.6 is 0 Å². The van der Waals surface area contributed by atoms with E-state index >= 15 is 0 Å². The fourth-order valence-electron chi connectivity index (χ4n) is 2.61. The van der Waals surface area contributed by atoms with Gasteiger partial charge in [-0.05, 0) is 40.0 Å². The normalized spacial score (nSPS) is 39.0. The maximum absolute atomic E-state index is 12.0. The molecule has 1 aliphatic heterocycles. The van der Waals surface area contributed by atoms with Crippen LogP contribution in [0.2, 0.25) is 0 Å². The highest BCUT2D eigenvalue weighted by atomic mass is 16.5. The summed E-state index contributed by atoms with van der Waals surface area (Å²) in [7, 11) is 0. The Hall–Kier alpha value is -0.120. The summed E-state index contributed by atoms with van der Waals surface area (Å²) in [6, 6.07) is -0.0296. The monoisotopic (exact) mass is 185 g/mol. The van der Waals surface area contributed by atoms with Crippen LogP contribution in [0.3, 0.4) is 0 Å². The van der Waals surface area contributed by atoms with Gasteiger partial charge in [0.15, 0.2) is 0 Å². The van der Waals surface area contributed by atoms with E-state index in [1.165, 1.54) is 5.06 Å². The molecule has 1 fully saturated rings. The average molecular weight is 185 g/mol. The highest BCUT2D eigenvalue weighted by molar-refractivity contribution is 5.02. The van der Waals surface area contributed by atoms with Gasteiger partial charge >= 0.3 is 0 Å². The second-order valence-electron chi connectivity index (χ2n) is 5.47. The first kappa shape index (κ1) is 11.0. The quantitative estimate of drug-likeness (QED) is 0.622. The van der Waals surface area contributed by atoms with Gasteiger partial charge in [0, 0.05) is 11.6 Å². The van der Waals surface area contributed by atoms with Gasteiger partial charge in [-0.3, -0.25) is 0 Å². The Labute approximate surface area is 80.9 Å². The molecule has 3 heteroatoms. The van der Waals surface area contributed by atoms with Gasteiger partial charge in [-0.1, -0.05) is 6.92 Å². The lowest BCUT2D eigenvalue weighted by Crippen LogP contribution is -2.67. The Kier molecular flexibility index (Phi) is 2.48. The van der Waals surface area contributed by atoms with Gasteiger partial charge in [0.05, 0.1) is 5.54 Å². The van der Waals surface area contributed by atoms with Crippen molar-refractivity contribution in [1.82, 2.24) is 5.06 Å². The highest BCUT2D eigenvalue weighted by Gasteiger charge is 2.49. The summed E-state index contributed by atoms with van der Waals surface area (Å²) in [6.07, 6.45) is 0.876. The van der Waals surface area contributed by atoms with E-state index in [0.29, 0.717) is 5.92 Å². The Morgan fingerprint density at radius 2 is 1.77 bits per heavy atom. The van der Waals surface area contributed by atoms with Crippen LogP contribution in [0, 0.1) is 5.92 Å². The van der Waals surface area contributed by atoms with Gasteiger partial charge < -0.3 is 5.73 Å². The van der Waals surface area contributed by atoms with Crippen LogP contribution in [0.15, 0.2) is 0 Å². The molecule has 0 amide bonds. The number of hydrogen-bond donors (Lipinski definition) is 1. The van der Waals surface area contributed by atoms with Crippen molar-refractivity contribution >= 4 is 0 Å². The van der Waals surface area contributed by atoms with E-state index in [0.717, 1.165) is 6.42 Å². The molecule has 0 aromatic heterocycles. The lowest BCUT2D eigenvalue weighted by atomic mass is 9.73. The molecule has 0 aliphatic carbocycles. The minimum atomic E-state index is -0.443. The molecule has 13 heavy (non-hydrogen) atoms. The van der Waals surface area contributed by atoms with Crippen molar-refractivity contribution in [3.8, 4) is 0 Å². The third-order valence-electron chi connectivity index (χ3n) is 3.32. The number of nitrogens with zero attached hydrogens (tertiary/aromatic N) is 1. The molecule has 0 spiro atoms. The molecule has 1 aliphatic rings. The summed E-state index contributed by atoms with van der Waals surface area (Å²) in [5, 5.41) is 13.1. The molecule has 1 radical (unpaired) electrons. The van der Waals surface area contributed by atoms with Crippen molar-refractivity contribution in [3.05, 3.63) is 0 Å². The molecule has 77 valence electrons. The summed E-state index contributed by atoms with van der Waals surface area (Å²) in [5.41, 5.74) is 5.30. The molecule has 1 rings (SSSR count). The fourth-order valence-corrected chi connectivity index (χ4v) is 2.61. The maximum atomic E-state index is 12.0. The fraction of sp³-hybridized carbons (Fsp3) is 1.00. The van der Waals surface area contributed by atoms with E-state index < -0.39 is 5.54 Å². The smallest absolute Gasteiger partial charge is 0.0596 e. The molecule has 1 saturated heterocycles. The molecule has 2 unspecified atom stereocenters. The molecule has 2 atom stereocenters. The Bertz CT molecular complexity index is 201. The Balaban J connectivity index is 2.96. The molecule has 1 heterocycles. The van der Waals surface area contributed by atoms with E-state index in [4.69, 9.17) is 5.73 Å². The SMILES string of the molecule is CC1CC(C)(C)N([O])C(C)(C)C1N. The van der Waals surface area contributed by atoms with Crippen LogP contribution in [0.5, 0.6) is 0 Å². The predicted octanol–water partition coefficient (Wildman–Crippen LogP) is 1.56. The van der Waals surface area contributed by atoms with E-state index in [9.17, 15) is 5.21 Å². The van der Waals surface area contributed by atoms with Crippen LogP contribution in [-0.4, -0.2) is 22.2 Å². The van der Waals surface area contributed by atoms with Gasteiger partial charge in [-0.2, -0.15) is 0 Å². The first-order valence-electron chi connectivity index (χ1n) is 4.92. The lowest BCUT2D eigenvalue weighted by molar-refractivity contribution is -0.297. The highest BCUT2D eigenvalue weighted by Crippen LogP contribution is 2.39. The van der Waals surface area contributed by atoms with Crippen molar-refractivity contribution in [2.45, 2.75) is 58.2 Å². The number of piperidine rings is 1. The first-order valence-corrected chi connectivity index (χ1v) is 4.92. The second kappa shape index (κ2) is 2.94. The minimum absolute atomic E-state index is 0.0296. The largest absolute Gasteiger partial charge is 0.326 e. The van der Waals surface area contributed by atoms with Gasteiger partial charge in [0.25, 0.3) is 0 Å². The number of hydrogen-bond acceptors (Lipinski definition) is 2. The Morgan fingerprint density at radius 3 is 2.23 bits per heavy atom. The zero-order valence-corrected chi connectivity index (χ0v) is 9.29. The summed E-state index contributed by atoms with van der Waals surface area (Å²) >= 11 is 0. The third-order valence-corrected chi connectivity index (χ3v) is 3.32.